The second kappa shape index (κ2) is 8.79. The SMILES string of the molecule is CCCn1c(=O)n(CCC(=O)N2Cc3ccccc3CC2C(=O)OC)c2ccccc21. The van der Waals surface area contributed by atoms with Gasteiger partial charge in [-0.1, -0.05) is 43.3 Å². The van der Waals surface area contributed by atoms with E-state index in [1.807, 2.05) is 55.5 Å². The zero-order valence-electron chi connectivity index (χ0n) is 17.9. The molecule has 0 saturated carbocycles. The molecule has 0 fully saturated rings. The molecular weight excluding hydrogens is 394 g/mol. The van der Waals surface area contributed by atoms with Crippen molar-refractivity contribution in [2.24, 2.45) is 0 Å². The summed E-state index contributed by atoms with van der Waals surface area (Å²) in [6, 6.07) is 14.8. The number of imidazole rings is 1. The van der Waals surface area contributed by atoms with Crippen LogP contribution in [0.4, 0.5) is 0 Å². The van der Waals surface area contributed by atoms with Crippen molar-refractivity contribution in [1.82, 2.24) is 14.0 Å². The lowest BCUT2D eigenvalue weighted by molar-refractivity contribution is -0.154. The lowest BCUT2D eigenvalue weighted by atomic mass is 9.93. The van der Waals surface area contributed by atoms with Crippen LogP contribution in [0, 0.1) is 0 Å². The highest BCUT2D eigenvalue weighted by Crippen LogP contribution is 2.25. The first-order chi connectivity index (χ1) is 15.0. The largest absolute Gasteiger partial charge is 0.467 e. The van der Waals surface area contributed by atoms with Crippen LogP contribution in [-0.4, -0.2) is 39.1 Å². The number of hydrogen-bond acceptors (Lipinski definition) is 4. The van der Waals surface area contributed by atoms with Crippen LogP contribution in [0.25, 0.3) is 11.0 Å². The van der Waals surface area contributed by atoms with E-state index in [4.69, 9.17) is 4.74 Å². The molecule has 2 heterocycles. The van der Waals surface area contributed by atoms with Crippen molar-refractivity contribution in [3.05, 3.63) is 70.1 Å². The van der Waals surface area contributed by atoms with Crippen LogP contribution in [0.5, 0.6) is 0 Å². The van der Waals surface area contributed by atoms with Gasteiger partial charge in [0.15, 0.2) is 0 Å². The third kappa shape index (κ3) is 3.87. The van der Waals surface area contributed by atoms with Gasteiger partial charge in [-0.15, -0.1) is 0 Å². The molecule has 2 aromatic carbocycles. The number of carbonyl (C=O) groups excluding carboxylic acids is 2. The van der Waals surface area contributed by atoms with Gasteiger partial charge in [-0.2, -0.15) is 0 Å². The first kappa shape index (κ1) is 20.9. The average Bonchev–Trinajstić information content (AvgIpc) is 3.07. The number of hydrogen-bond donors (Lipinski definition) is 0. The second-order valence-electron chi connectivity index (χ2n) is 7.86. The van der Waals surface area contributed by atoms with Gasteiger partial charge in [-0.25, -0.2) is 9.59 Å². The average molecular weight is 421 g/mol. The van der Waals surface area contributed by atoms with E-state index in [9.17, 15) is 14.4 Å². The maximum absolute atomic E-state index is 13.2. The summed E-state index contributed by atoms with van der Waals surface area (Å²) in [6.07, 6.45) is 1.42. The molecule has 0 saturated heterocycles. The monoisotopic (exact) mass is 421 g/mol. The molecule has 1 unspecified atom stereocenters. The molecule has 0 radical (unpaired) electrons. The van der Waals surface area contributed by atoms with Gasteiger partial charge in [0.05, 0.1) is 18.1 Å². The summed E-state index contributed by atoms with van der Waals surface area (Å²) >= 11 is 0. The summed E-state index contributed by atoms with van der Waals surface area (Å²) in [5, 5.41) is 0. The van der Waals surface area contributed by atoms with Crippen LogP contribution in [0.2, 0.25) is 0 Å². The van der Waals surface area contributed by atoms with Crippen molar-refractivity contribution < 1.29 is 14.3 Å². The number of fused-ring (bicyclic) bond motifs is 2. The summed E-state index contributed by atoms with van der Waals surface area (Å²) in [5.74, 6) is -0.580. The number of benzene rings is 2. The van der Waals surface area contributed by atoms with Crippen LogP contribution in [-0.2, 0) is 40.4 Å². The van der Waals surface area contributed by atoms with Crippen molar-refractivity contribution in [1.29, 1.82) is 0 Å². The standard InChI is InChI=1S/C24H27N3O4/c1-3-13-25-19-10-6-7-11-20(19)26(24(25)30)14-12-22(28)27-16-18-9-5-4-8-17(18)15-21(27)23(29)31-2/h4-11,21H,3,12-16H2,1-2H3. The van der Waals surface area contributed by atoms with Crippen molar-refractivity contribution in [3.63, 3.8) is 0 Å². The first-order valence-electron chi connectivity index (χ1n) is 10.7. The van der Waals surface area contributed by atoms with E-state index in [2.05, 4.69) is 0 Å². The Kier molecular flexibility index (Phi) is 5.93. The van der Waals surface area contributed by atoms with E-state index < -0.39 is 12.0 Å². The predicted molar refractivity (Wildman–Crippen MR) is 118 cm³/mol. The Morgan fingerprint density at radius 3 is 2.23 bits per heavy atom. The lowest BCUT2D eigenvalue weighted by Crippen LogP contribution is -2.49. The molecule has 1 amide bonds. The number of carbonyl (C=O) groups is 2. The third-order valence-electron chi connectivity index (χ3n) is 5.96. The van der Waals surface area contributed by atoms with Gasteiger partial charge in [-0.3, -0.25) is 13.9 Å². The lowest BCUT2D eigenvalue weighted by Gasteiger charge is -2.35. The molecule has 1 aliphatic heterocycles. The second-order valence-corrected chi connectivity index (χ2v) is 7.86. The molecule has 7 heteroatoms. The van der Waals surface area contributed by atoms with Crippen LogP contribution >= 0.6 is 0 Å². The summed E-state index contributed by atoms with van der Waals surface area (Å²) in [7, 11) is 1.34. The van der Waals surface area contributed by atoms with E-state index in [0.717, 1.165) is 28.6 Å². The molecule has 1 aromatic heterocycles. The van der Waals surface area contributed by atoms with E-state index in [1.54, 1.807) is 14.0 Å². The quantitative estimate of drug-likeness (QED) is 0.574. The number of nitrogens with zero attached hydrogens (tertiary/aromatic N) is 3. The summed E-state index contributed by atoms with van der Waals surface area (Å²) in [5.41, 5.74) is 3.68. The number of ether oxygens (including phenoxy) is 1. The topological polar surface area (TPSA) is 73.5 Å². The Hall–Kier alpha value is -3.35. The van der Waals surface area contributed by atoms with Crippen molar-refractivity contribution in [2.45, 2.75) is 51.9 Å². The normalized spacial score (nSPS) is 15.7. The highest BCUT2D eigenvalue weighted by atomic mass is 16.5. The highest BCUT2D eigenvalue weighted by Gasteiger charge is 2.35. The molecular formula is C24H27N3O4. The molecule has 3 aromatic rings. The van der Waals surface area contributed by atoms with Crippen molar-refractivity contribution >= 4 is 22.9 Å². The fourth-order valence-corrected chi connectivity index (χ4v) is 4.41. The number of rotatable bonds is 6. The van der Waals surface area contributed by atoms with Crippen LogP contribution in [0.1, 0.15) is 30.9 Å². The Balaban J connectivity index is 1.59. The fourth-order valence-electron chi connectivity index (χ4n) is 4.41. The van der Waals surface area contributed by atoms with Gasteiger partial charge in [0.1, 0.15) is 6.04 Å². The maximum atomic E-state index is 13.2. The third-order valence-corrected chi connectivity index (χ3v) is 5.96. The molecule has 1 aliphatic rings. The Morgan fingerprint density at radius 1 is 0.968 bits per heavy atom. The van der Waals surface area contributed by atoms with Crippen LogP contribution in [0.15, 0.2) is 53.3 Å². The van der Waals surface area contributed by atoms with Gasteiger partial charge >= 0.3 is 11.7 Å². The van der Waals surface area contributed by atoms with Crippen LogP contribution < -0.4 is 5.69 Å². The van der Waals surface area contributed by atoms with Gasteiger partial charge in [-0.05, 0) is 29.7 Å². The Labute approximate surface area is 180 Å². The van der Waals surface area contributed by atoms with Gasteiger partial charge in [0.25, 0.3) is 0 Å². The van der Waals surface area contributed by atoms with Gasteiger partial charge in [0, 0.05) is 32.5 Å². The highest BCUT2D eigenvalue weighted by molar-refractivity contribution is 5.85. The molecule has 0 bridgehead atoms. The molecule has 31 heavy (non-hydrogen) atoms. The predicted octanol–water partition coefficient (Wildman–Crippen LogP) is 2.73. The molecule has 1 atom stereocenters. The smallest absolute Gasteiger partial charge is 0.329 e. The first-order valence-corrected chi connectivity index (χ1v) is 10.7. The molecule has 0 aliphatic carbocycles. The Bertz CT molecular complexity index is 1180. The molecule has 162 valence electrons. The Morgan fingerprint density at radius 2 is 1.58 bits per heavy atom. The minimum absolute atomic E-state index is 0.107. The molecule has 7 nitrogen and oxygen atoms in total. The summed E-state index contributed by atoms with van der Waals surface area (Å²) < 4.78 is 8.38. The summed E-state index contributed by atoms with van der Waals surface area (Å²) in [6.45, 7) is 3.29. The van der Waals surface area contributed by atoms with Gasteiger partial charge in [0.2, 0.25) is 5.91 Å². The number of methoxy groups -OCH3 is 1. The number of aromatic nitrogens is 2. The molecule has 0 spiro atoms. The summed E-state index contributed by atoms with van der Waals surface area (Å²) in [4.78, 5) is 40.1. The number of esters is 1. The molecule has 0 N–H and O–H groups in total. The van der Waals surface area contributed by atoms with E-state index in [1.165, 1.54) is 7.11 Å². The zero-order valence-corrected chi connectivity index (χ0v) is 17.9. The van der Waals surface area contributed by atoms with E-state index in [0.29, 0.717) is 19.5 Å². The minimum atomic E-state index is -0.648. The van der Waals surface area contributed by atoms with Crippen molar-refractivity contribution in [3.8, 4) is 0 Å². The minimum Gasteiger partial charge on any atom is -0.467 e. The van der Waals surface area contributed by atoms with Crippen LogP contribution in [0.3, 0.4) is 0 Å². The number of para-hydroxylation sites is 2. The fraction of sp³-hybridized carbons (Fsp3) is 0.375. The zero-order chi connectivity index (χ0) is 22.0. The van der Waals surface area contributed by atoms with Crippen molar-refractivity contribution in [2.75, 3.05) is 7.11 Å². The maximum Gasteiger partial charge on any atom is 0.329 e. The van der Waals surface area contributed by atoms with E-state index >= 15 is 0 Å². The number of amides is 1. The molecule has 4 rings (SSSR count). The van der Waals surface area contributed by atoms with Gasteiger partial charge < -0.3 is 9.64 Å². The number of aryl methyl sites for hydroxylation is 2. The van der Waals surface area contributed by atoms with E-state index in [-0.39, 0.29) is 24.6 Å².